The number of benzene rings is 3. The van der Waals surface area contributed by atoms with Gasteiger partial charge in [0, 0.05) is 24.5 Å². The van der Waals surface area contributed by atoms with Gasteiger partial charge in [-0.2, -0.15) is 0 Å². The van der Waals surface area contributed by atoms with E-state index < -0.39 is 6.10 Å². The van der Waals surface area contributed by atoms with Crippen molar-refractivity contribution in [1.29, 1.82) is 0 Å². The summed E-state index contributed by atoms with van der Waals surface area (Å²) in [5.41, 5.74) is 4.04. The summed E-state index contributed by atoms with van der Waals surface area (Å²) in [5.74, 6) is 1.63. The normalized spacial score (nSPS) is 15.3. The number of H-pyrrole nitrogens is 1. The van der Waals surface area contributed by atoms with Gasteiger partial charge in [-0.1, -0.05) is 30.3 Å². The van der Waals surface area contributed by atoms with Crippen LogP contribution in [0.15, 0.2) is 71.5 Å². The summed E-state index contributed by atoms with van der Waals surface area (Å²) < 4.78 is 5.96. The summed E-state index contributed by atoms with van der Waals surface area (Å²) in [6, 6.07) is 20.1. The molecule has 1 saturated heterocycles. The van der Waals surface area contributed by atoms with Gasteiger partial charge in [0.15, 0.2) is 0 Å². The highest BCUT2D eigenvalue weighted by atomic mass is 16.5. The van der Waals surface area contributed by atoms with Crippen molar-refractivity contribution in [2.75, 3.05) is 33.3 Å². The fourth-order valence-corrected chi connectivity index (χ4v) is 5.59. The molecule has 1 fully saturated rings. The SMILES string of the molecule is CN1CCC(c2cc(CCCOc3ccc(CNC[C@H](O)c4ccc(O)c5[nH]c(=O)ccc45)cc3)ccc2O)CC1. The molecular formula is C33H39N3O5. The van der Waals surface area contributed by atoms with Crippen molar-refractivity contribution in [3.63, 3.8) is 0 Å². The lowest BCUT2D eigenvalue weighted by atomic mass is 9.87. The Morgan fingerprint density at radius 1 is 0.976 bits per heavy atom. The Kier molecular flexibility index (Phi) is 9.24. The summed E-state index contributed by atoms with van der Waals surface area (Å²) >= 11 is 0. The minimum absolute atomic E-state index is 0.0265. The second-order valence-electron chi connectivity index (χ2n) is 11.0. The summed E-state index contributed by atoms with van der Waals surface area (Å²) in [4.78, 5) is 16.6. The first-order chi connectivity index (χ1) is 19.9. The Morgan fingerprint density at radius 3 is 2.49 bits per heavy atom. The summed E-state index contributed by atoms with van der Waals surface area (Å²) in [6.07, 6.45) is 3.15. The molecule has 8 nitrogen and oxygen atoms in total. The minimum Gasteiger partial charge on any atom is -0.508 e. The number of phenols is 2. The Balaban J connectivity index is 1.06. The molecule has 0 unspecified atom stereocenters. The third-order valence-corrected chi connectivity index (χ3v) is 7.98. The minimum atomic E-state index is -0.805. The van der Waals surface area contributed by atoms with Crippen LogP contribution in [0.3, 0.4) is 0 Å². The lowest BCUT2D eigenvalue weighted by Gasteiger charge is -2.29. The third-order valence-electron chi connectivity index (χ3n) is 7.98. The number of rotatable bonds is 11. The zero-order valence-corrected chi connectivity index (χ0v) is 23.5. The molecule has 5 rings (SSSR count). The van der Waals surface area contributed by atoms with E-state index in [0.29, 0.717) is 47.8 Å². The molecule has 0 radical (unpaired) electrons. The van der Waals surface area contributed by atoms with Crippen molar-refractivity contribution >= 4 is 10.9 Å². The number of likely N-dealkylation sites (tertiary alicyclic amines) is 1. The van der Waals surface area contributed by atoms with Crippen molar-refractivity contribution in [2.24, 2.45) is 0 Å². The molecule has 2 heterocycles. The van der Waals surface area contributed by atoms with E-state index in [1.807, 2.05) is 36.4 Å². The maximum atomic E-state index is 11.6. The van der Waals surface area contributed by atoms with Gasteiger partial charge in [-0.25, -0.2) is 0 Å². The number of aromatic nitrogens is 1. The number of ether oxygens (including phenoxy) is 1. The topological polar surface area (TPSA) is 118 Å². The Morgan fingerprint density at radius 2 is 1.71 bits per heavy atom. The van der Waals surface area contributed by atoms with Crippen LogP contribution < -0.4 is 15.6 Å². The maximum Gasteiger partial charge on any atom is 0.248 e. The number of hydrogen-bond acceptors (Lipinski definition) is 7. The zero-order valence-electron chi connectivity index (χ0n) is 23.5. The van der Waals surface area contributed by atoms with Crippen LogP contribution in [-0.2, 0) is 13.0 Å². The van der Waals surface area contributed by atoms with E-state index in [9.17, 15) is 20.1 Å². The molecule has 0 amide bonds. The maximum absolute atomic E-state index is 11.6. The van der Waals surface area contributed by atoms with Gasteiger partial charge in [-0.15, -0.1) is 0 Å². The first-order valence-corrected chi connectivity index (χ1v) is 14.3. The highest BCUT2D eigenvalue weighted by Crippen LogP contribution is 2.34. The number of nitrogens with one attached hydrogen (secondary N) is 2. The van der Waals surface area contributed by atoms with Crippen LogP contribution in [0.5, 0.6) is 17.2 Å². The lowest BCUT2D eigenvalue weighted by Crippen LogP contribution is -2.29. The average molecular weight is 558 g/mol. The summed E-state index contributed by atoms with van der Waals surface area (Å²) in [7, 11) is 2.15. The van der Waals surface area contributed by atoms with Gasteiger partial charge < -0.3 is 35.3 Å². The van der Waals surface area contributed by atoms with Crippen LogP contribution in [0.2, 0.25) is 0 Å². The Bertz CT molecular complexity index is 1510. The molecule has 216 valence electrons. The van der Waals surface area contributed by atoms with E-state index in [1.54, 1.807) is 12.1 Å². The predicted molar refractivity (Wildman–Crippen MR) is 161 cm³/mol. The molecular weight excluding hydrogens is 518 g/mol. The van der Waals surface area contributed by atoms with Crippen molar-refractivity contribution in [1.82, 2.24) is 15.2 Å². The van der Waals surface area contributed by atoms with Crippen LogP contribution >= 0.6 is 0 Å². The molecule has 4 aromatic rings. The number of aliphatic hydroxyl groups is 1. The van der Waals surface area contributed by atoms with E-state index in [2.05, 4.69) is 28.3 Å². The van der Waals surface area contributed by atoms with Crippen molar-refractivity contribution in [3.05, 3.63) is 99.3 Å². The number of pyridine rings is 1. The first kappa shape index (κ1) is 28.7. The highest BCUT2D eigenvalue weighted by molar-refractivity contribution is 5.87. The van der Waals surface area contributed by atoms with Gasteiger partial charge in [-0.3, -0.25) is 4.79 Å². The molecule has 0 spiro atoms. The highest BCUT2D eigenvalue weighted by Gasteiger charge is 2.21. The van der Waals surface area contributed by atoms with Gasteiger partial charge in [0.1, 0.15) is 17.2 Å². The molecule has 5 N–H and O–H groups in total. The number of phenolic OH excluding ortho intramolecular Hbond substituents is 2. The Hall–Kier alpha value is -3.85. The second-order valence-corrected chi connectivity index (χ2v) is 11.0. The molecule has 1 atom stereocenters. The van der Waals surface area contributed by atoms with E-state index in [1.165, 1.54) is 17.7 Å². The number of aliphatic hydroxyl groups excluding tert-OH is 1. The van der Waals surface area contributed by atoms with Crippen molar-refractivity contribution < 1.29 is 20.1 Å². The van der Waals surface area contributed by atoms with E-state index in [0.717, 1.165) is 55.6 Å². The average Bonchev–Trinajstić information content (AvgIpc) is 2.98. The van der Waals surface area contributed by atoms with E-state index in [-0.39, 0.29) is 11.3 Å². The van der Waals surface area contributed by atoms with E-state index in [4.69, 9.17) is 4.74 Å². The predicted octanol–water partition coefficient (Wildman–Crippen LogP) is 4.58. The standard InChI is InChI=1S/C33H39N3O5/c1-36-16-14-24(15-17-36)28-19-22(6-11-29(28)37)3-2-18-41-25-7-4-23(5-8-25)20-34-21-31(39)26-9-12-30(38)33-27(26)10-13-32(40)35-33/h4-13,19,24,31,34,37-39H,2-3,14-18,20-21H2,1H3,(H,35,40)/t31-/m0/s1. The molecule has 1 aliphatic rings. The Labute approximate surface area is 240 Å². The molecule has 0 aliphatic carbocycles. The molecule has 41 heavy (non-hydrogen) atoms. The molecule has 0 saturated carbocycles. The first-order valence-electron chi connectivity index (χ1n) is 14.3. The number of piperidine rings is 1. The molecule has 1 aromatic heterocycles. The van der Waals surface area contributed by atoms with Crippen molar-refractivity contribution in [3.8, 4) is 17.2 Å². The van der Waals surface area contributed by atoms with Crippen LogP contribution in [0.4, 0.5) is 0 Å². The number of aryl methyl sites for hydroxylation is 1. The number of aromatic hydroxyl groups is 2. The molecule has 3 aromatic carbocycles. The molecule has 1 aliphatic heterocycles. The monoisotopic (exact) mass is 557 g/mol. The third kappa shape index (κ3) is 7.27. The van der Waals surface area contributed by atoms with Crippen molar-refractivity contribution in [2.45, 2.75) is 44.2 Å². The van der Waals surface area contributed by atoms with Crippen LogP contribution in [0, 0.1) is 0 Å². The lowest BCUT2D eigenvalue weighted by molar-refractivity contribution is 0.176. The summed E-state index contributed by atoms with van der Waals surface area (Å²) in [5, 5.41) is 35.1. The van der Waals surface area contributed by atoms with Gasteiger partial charge in [0.25, 0.3) is 0 Å². The van der Waals surface area contributed by atoms with Crippen LogP contribution in [-0.4, -0.2) is 58.5 Å². The fourth-order valence-electron chi connectivity index (χ4n) is 5.59. The quantitative estimate of drug-likeness (QED) is 0.171. The number of nitrogens with zero attached hydrogens (tertiary/aromatic N) is 1. The largest absolute Gasteiger partial charge is 0.508 e. The summed E-state index contributed by atoms with van der Waals surface area (Å²) in [6.45, 7) is 3.64. The smallest absolute Gasteiger partial charge is 0.248 e. The van der Waals surface area contributed by atoms with Gasteiger partial charge in [0.05, 0.1) is 18.2 Å². The van der Waals surface area contributed by atoms with Gasteiger partial charge >= 0.3 is 0 Å². The molecule has 8 heteroatoms. The molecule has 0 bridgehead atoms. The van der Waals surface area contributed by atoms with Gasteiger partial charge in [-0.05, 0) is 104 Å². The van der Waals surface area contributed by atoms with E-state index >= 15 is 0 Å². The van der Waals surface area contributed by atoms with Crippen LogP contribution in [0.25, 0.3) is 10.9 Å². The number of hydrogen-bond donors (Lipinski definition) is 5. The van der Waals surface area contributed by atoms with Crippen LogP contribution in [0.1, 0.15) is 53.5 Å². The van der Waals surface area contributed by atoms with Gasteiger partial charge in [0.2, 0.25) is 5.56 Å². The second kappa shape index (κ2) is 13.2. The zero-order chi connectivity index (χ0) is 28.8. The number of aromatic amines is 1. The number of fused-ring (bicyclic) bond motifs is 1. The fraction of sp³-hybridized carbons (Fsp3) is 0.364.